The van der Waals surface area contributed by atoms with Crippen LogP contribution in [-0.2, 0) is 0 Å². The van der Waals surface area contributed by atoms with Crippen molar-refractivity contribution < 1.29 is 13.7 Å². The number of carbonyl (C=O) groups is 1. The number of carbonyl (C=O) groups excluding carboxylic acids is 1. The second kappa shape index (κ2) is 7.02. The SMILES string of the molecule is O=C(NCCNc1ccc(Cl)cc1)c1cc(-c2ccco2)on1. The van der Waals surface area contributed by atoms with Crippen LogP contribution in [0.15, 0.2) is 57.7 Å². The maximum absolute atomic E-state index is 12.0. The summed E-state index contributed by atoms with van der Waals surface area (Å²) in [5.41, 5.74) is 1.15. The quantitative estimate of drug-likeness (QED) is 0.676. The van der Waals surface area contributed by atoms with E-state index in [0.29, 0.717) is 29.6 Å². The molecule has 0 fully saturated rings. The summed E-state index contributed by atoms with van der Waals surface area (Å²) >= 11 is 5.81. The molecule has 6 nitrogen and oxygen atoms in total. The number of nitrogens with zero attached hydrogens (tertiary/aromatic N) is 1. The first-order valence-corrected chi connectivity index (χ1v) is 7.38. The number of benzene rings is 1. The van der Waals surface area contributed by atoms with Crippen molar-refractivity contribution in [3.8, 4) is 11.5 Å². The van der Waals surface area contributed by atoms with Gasteiger partial charge in [0.15, 0.2) is 11.5 Å². The molecule has 7 heteroatoms. The Morgan fingerprint density at radius 3 is 2.70 bits per heavy atom. The van der Waals surface area contributed by atoms with E-state index >= 15 is 0 Å². The number of amides is 1. The van der Waals surface area contributed by atoms with Crippen LogP contribution in [-0.4, -0.2) is 24.2 Å². The van der Waals surface area contributed by atoms with E-state index in [-0.39, 0.29) is 11.6 Å². The van der Waals surface area contributed by atoms with Crippen molar-refractivity contribution in [2.45, 2.75) is 0 Å². The van der Waals surface area contributed by atoms with Crippen LogP contribution in [0, 0.1) is 0 Å². The van der Waals surface area contributed by atoms with Crippen molar-refractivity contribution in [3.05, 3.63) is 59.4 Å². The fourth-order valence-corrected chi connectivity index (χ4v) is 2.08. The number of aromatic nitrogens is 1. The van der Waals surface area contributed by atoms with E-state index in [1.165, 1.54) is 6.26 Å². The third-order valence-corrected chi connectivity index (χ3v) is 3.34. The smallest absolute Gasteiger partial charge is 0.273 e. The lowest BCUT2D eigenvalue weighted by Gasteiger charge is -2.06. The fourth-order valence-electron chi connectivity index (χ4n) is 1.96. The van der Waals surface area contributed by atoms with E-state index in [1.807, 2.05) is 12.1 Å². The molecule has 2 N–H and O–H groups in total. The molecule has 0 unspecified atom stereocenters. The van der Waals surface area contributed by atoms with Crippen LogP contribution in [0.3, 0.4) is 0 Å². The van der Waals surface area contributed by atoms with Crippen molar-refractivity contribution in [2.75, 3.05) is 18.4 Å². The minimum absolute atomic E-state index is 0.211. The molecule has 2 aromatic heterocycles. The molecule has 0 aliphatic rings. The van der Waals surface area contributed by atoms with Crippen LogP contribution in [0.25, 0.3) is 11.5 Å². The Balaban J connectivity index is 1.47. The Bertz CT molecular complexity index is 766. The monoisotopic (exact) mass is 331 g/mol. The van der Waals surface area contributed by atoms with Crippen molar-refractivity contribution in [1.82, 2.24) is 10.5 Å². The van der Waals surface area contributed by atoms with Gasteiger partial charge >= 0.3 is 0 Å². The van der Waals surface area contributed by atoms with E-state index in [4.69, 9.17) is 20.5 Å². The fraction of sp³-hybridized carbons (Fsp3) is 0.125. The average molecular weight is 332 g/mol. The Morgan fingerprint density at radius 2 is 1.96 bits per heavy atom. The highest BCUT2D eigenvalue weighted by atomic mass is 35.5. The first kappa shape index (κ1) is 15.2. The number of anilines is 1. The topological polar surface area (TPSA) is 80.3 Å². The summed E-state index contributed by atoms with van der Waals surface area (Å²) in [6.45, 7) is 1.03. The molecule has 1 aromatic carbocycles. The summed E-state index contributed by atoms with van der Waals surface area (Å²) in [6, 6.07) is 12.4. The number of halogens is 1. The van der Waals surface area contributed by atoms with E-state index in [9.17, 15) is 4.79 Å². The Morgan fingerprint density at radius 1 is 1.13 bits per heavy atom. The van der Waals surface area contributed by atoms with Gasteiger partial charge in [-0.05, 0) is 36.4 Å². The largest absolute Gasteiger partial charge is 0.461 e. The van der Waals surface area contributed by atoms with Crippen LogP contribution in [0.2, 0.25) is 5.02 Å². The second-order valence-electron chi connectivity index (χ2n) is 4.74. The number of hydrogen-bond acceptors (Lipinski definition) is 5. The van der Waals surface area contributed by atoms with Crippen LogP contribution >= 0.6 is 11.6 Å². The molecule has 0 atom stereocenters. The third kappa shape index (κ3) is 3.92. The number of nitrogens with one attached hydrogen (secondary N) is 2. The van der Waals surface area contributed by atoms with Gasteiger partial charge in [-0.1, -0.05) is 16.8 Å². The van der Waals surface area contributed by atoms with Crippen molar-refractivity contribution in [1.29, 1.82) is 0 Å². The summed E-state index contributed by atoms with van der Waals surface area (Å²) in [5, 5.41) is 10.4. The van der Waals surface area contributed by atoms with Gasteiger partial charge in [-0.25, -0.2) is 0 Å². The summed E-state index contributed by atoms with van der Waals surface area (Å²) in [6.07, 6.45) is 1.53. The molecular weight excluding hydrogens is 318 g/mol. The lowest BCUT2D eigenvalue weighted by atomic mass is 10.3. The molecule has 3 rings (SSSR count). The molecule has 0 radical (unpaired) electrons. The molecule has 0 saturated carbocycles. The highest BCUT2D eigenvalue weighted by molar-refractivity contribution is 6.30. The molecule has 23 heavy (non-hydrogen) atoms. The Kier molecular flexibility index (Phi) is 4.63. The molecule has 0 saturated heterocycles. The van der Waals surface area contributed by atoms with Gasteiger partial charge in [0.2, 0.25) is 5.76 Å². The summed E-state index contributed by atoms with van der Waals surface area (Å²) < 4.78 is 10.3. The lowest BCUT2D eigenvalue weighted by Crippen LogP contribution is -2.28. The molecule has 0 aliphatic heterocycles. The van der Waals surface area contributed by atoms with Gasteiger partial charge in [0, 0.05) is 29.9 Å². The summed E-state index contributed by atoms with van der Waals surface area (Å²) in [7, 11) is 0. The molecule has 2 heterocycles. The summed E-state index contributed by atoms with van der Waals surface area (Å²) in [4.78, 5) is 12.0. The van der Waals surface area contributed by atoms with Crippen molar-refractivity contribution in [3.63, 3.8) is 0 Å². The highest BCUT2D eigenvalue weighted by Gasteiger charge is 2.14. The van der Waals surface area contributed by atoms with Crippen molar-refractivity contribution in [2.24, 2.45) is 0 Å². The first-order valence-electron chi connectivity index (χ1n) is 7.00. The van der Waals surface area contributed by atoms with Gasteiger partial charge < -0.3 is 19.6 Å². The normalized spacial score (nSPS) is 10.5. The predicted octanol–water partition coefficient (Wildman–Crippen LogP) is 3.43. The first-order chi connectivity index (χ1) is 11.2. The van der Waals surface area contributed by atoms with Crippen LogP contribution in [0.5, 0.6) is 0 Å². The molecule has 1 amide bonds. The zero-order valence-electron chi connectivity index (χ0n) is 12.1. The highest BCUT2D eigenvalue weighted by Crippen LogP contribution is 2.20. The lowest BCUT2D eigenvalue weighted by molar-refractivity contribution is 0.0946. The third-order valence-electron chi connectivity index (χ3n) is 3.09. The number of hydrogen-bond donors (Lipinski definition) is 2. The predicted molar refractivity (Wildman–Crippen MR) is 86.5 cm³/mol. The van der Waals surface area contributed by atoms with Gasteiger partial charge in [-0.2, -0.15) is 0 Å². The van der Waals surface area contributed by atoms with E-state index in [2.05, 4.69) is 15.8 Å². The van der Waals surface area contributed by atoms with Gasteiger partial charge in [-0.3, -0.25) is 4.79 Å². The zero-order valence-corrected chi connectivity index (χ0v) is 12.8. The minimum atomic E-state index is -0.301. The van der Waals surface area contributed by atoms with Crippen LogP contribution < -0.4 is 10.6 Å². The number of furan rings is 1. The van der Waals surface area contributed by atoms with Crippen molar-refractivity contribution >= 4 is 23.2 Å². The van der Waals surface area contributed by atoms with Gasteiger partial charge in [-0.15, -0.1) is 0 Å². The molecule has 3 aromatic rings. The molecule has 118 valence electrons. The maximum Gasteiger partial charge on any atom is 0.273 e. The van der Waals surface area contributed by atoms with Crippen LogP contribution in [0.4, 0.5) is 5.69 Å². The van der Waals surface area contributed by atoms with E-state index < -0.39 is 0 Å². The average Bonchev–Trinajstić information content (AvgIpc) is 3.23. The molecule has 0 spiro atoms. The van der Waals surface area contributed by atoms with E-state index in [0.717, 1.165) is 5.69 Å². The van der Waals surface area contributed by atoms with Gasteiger partial charge in [0.25, 0.3) is 5.91 Å². The molecule has 0 aliphatic carbocycles. The van der Waals surface area contributed by atoms with Gasteiger partial charge in [0.05, 0.1) is 6.26 Å². The standard InChI is InChI=1S/C16H14ClN3O3/c17-11-3-5-12(6-4-11)18-7-8-19-16(21)13-10-15(23-20-13)14-2-1-9-22-14/h1-6,9-10,18H,7-8H2,(H,19,21). The Labute approximate surface area is 137 Å². The van der Waals surface area contributed by atoms with E-state index in [1.54, 1.807) is 30.3 Å². The molecular formula is C16H14ClN3O3. The van der Waals surface area contributed by atoms with Crippen LogP contribution in [0.1, 0.15) is 10.5 Å². The minimum Gasteiger partial charge on any atom is -0.461 e. The van der Waals surface area contributed by atoms with Gasteiger partial charge in [0.1, 0.15) is 0 Å². The summed E-state index contributed by atoms with van der Waals surface area (Å²) in [5.74, 6) is 0.643. The molecule has 0 bridgehead atoms. The maximum atomic E-state index is 12.0. The second-order valence-corrected chi connectivity index (χ2v) is 5.18. The zero-order chi connectivity index (χ0) is 16.1. The number of rotatable bonds is 6. The Hall–Kier alpha value is -2.73.